The summed E-state index contributed by atoms with van der Waals surface area (Å²) in [5, 5.41) is 8.67. The predicted octanol–water partition coefficient (Wildman–Crippen LogP) is 2.98. The van der Waals surface area contributed by atoms with E-state index in [-0.39, 0.29) is 6.42 Å². The van der Waals surface area contributed by atoms with Crippen LogP contribution in [0.5, 0.6) is 5.75 Å². The Bertz CT molecular complexity index is 400. The number of carboxylic acids is 1. The Kier molecular flexibility index (Phi) is 4.93. The van der Waals surface area contributed by atoms with Crippen molar-refractivity contribution in [3.63, 3.8) is 0 Å². The molecule has 1 saturated heterocycles. The van der Waals surface area contributed by atoms with Crippen molar-refractivity contribution in [1.82, 2.24) is 0 Å². The fraction of sp³-hybridized carbons (Fsp3) is 0.500. The Balaban J connectivity index is 1.91. The minimum absolute atomic E-state index is 0.169. The molecule has 0 bridgehead atoms. The Labute approximate surface area is 112 Å². The zero-order valence-corrected chi connectivity index (χ0v) is 11.1. The monoisotopic (exact) mass is 266 g/mol. The number of thioether (sulfide) groups is 1. The van der Waals surface area contributed by atoms with E-state index in [1.54, 1.807) is 0 Å². The number of ether oxygens (including phenoxy) is 1. The van der Waals surface area contributed by atoms with Crippen molar-refractivity contribution in [2.75, 3.05) is 11.5 Å². The second-order valence-corrected chi connectivity index (χ2v) is 5.65. The lowest BCUT2D eigenvalue weighted by atomic mass is 10.1. The van der Waals surface area contributed by atoms with Gasteiger partial charge in [-0.1, -0.05) is 12.1 Å². The van der Waals surface area contributed by atoms with E-state index < -0.39 is 5.97 Å². The second kappa shape index (κ2) is 6.69. The topological polar surface area (TPSA) is 46.5 Å². The van der Waals surface area contributed by atoms with Crippen LogP contribution >= 0.6 is 11.8 Å². The molecule has 2 rings (SSSR count). The standard InChI is InChI=1S/C14H18O3S/c15-14(16)7-6-11-3-1-4-12(9-11)17-13-5-2-8-18-10-13/h1,3-4,9,13H,2,5-8,10H2,(H,15,16). The maximum absolute atomic E-state index is 10.5. The van der Waals surface area contributed by atoms with Crippen LogP contribution < -0.4 is 4.74 Å². The lowest BCUT2D eigenvalue weighted by Gasteiger charge is -2.22. The van der Waals surface area contributed by atoms with Crippen LogP contribution in [0.15, 0.2) is 24.3 Å². The molecule has 0 spiro atoms. The van der Waals surface area contributed by atoms with Gasteiger partial charge >= 0.3 is 5.97 Å². The smallest absolute Gasteiger partial charge is 0.303 e. The summed E-state index contributed by atoms with van der Waals surface area (Å²) >= 11 is 1.94. The number of benzene rings is 1. The van der Waals surface area contributed by atoms with E-state index in [2.05, 4.69) is 0 Å². The van der Waals surface area contributed by atoms with Gasteiger partial charge in [-0.25, -0.2) is 0 Å². The molecule has 1 aromatic carbocycles. The van der Waals surface area contributed by atoms with Crippen molar-refractivity contribution in [3.8, 4) is 5.75 Å². The van der Waals surface area contributed by atoms with Gasteiger partial charge in [0, 0.05) is 12.2 Å². The zero-order chi connectivity index (χ0) is 12.8. The summed E-state index contributed by atoms with van der Waals surface area (Å²) in [4.78, 5) is 10.5. The van der Waals surface area contributed by atoms with Crippen molar-refractivity contribution in [2.45, 2.75) is 31.8 Å². The molecule has 1 aromatic rings. The highest BCUT2D eigenvalue weighted by atomic mass is 32.2. The minimum atomic E-state index is -0.759. The number of aliphatic carboxylic acids is 1. The van der Waals surface area contributed by atoms with E-state index in [0.717, 1.165) is 23.5 Å². The Morgan fingerprint density at radius 1 is 1.50 bits per heavy atom. The highest BCUT2D eigenvalue weighted by Gasteiger charge is 2.15. The number of rotatable bonds is 5. The molecule has 4 heteroatoms. The highest BCUT2D eigenvalue weighted by molar-refractivity contribution is 7.99. The maximum atomic E-state index is 10.5. The van der Waals surface area contributed by atoms with Crippen LogP contribution in [0.3, 0.4) is 0 Å². The first-order valence-electron chi connectivity index (χ1n) is 6.29. The molecule has 3 nitrogen and oxygen atoms in total. The molecule has 1 unspecified atom stereocenters. The van der Waals surface area contributed by atoms with E-state index in [1.807, 2.05) is 36.0 Å². The number of hydrogen-bond acceptors (Lipinski definition) is 3. The first-order chi connectivity index (χ1) is 8.74. The normalized spacial score (nSPS) is 19.4. The van der Waals surface area contributed by atoms with Crippen LogP contribution in [-0.4, -0.2) is 28.7 Å². The van der Waals surface area contributed by atoms with E-state index in [1.165, 1.54) is 12.2 Å². The largest absolute Gasteiger partial charge is 0.490 e. The van der Waals surface area contributed by atoms with Crippen LogP contribution in [0.1, 0.15) is 24.8 Å². The van der Waals surface area contributed by atoms with Gasteiger partial charge in [-0.15, -0.1) is 0 Å². The zero-order valence-electron chi connectivity index (χ0n) is 10.3. The lowest BCUT2D eigenvalue weighted by molar-refractivity contribution is -0.136. The van der Waals surface area contributed by atoms with E-state index in [9.17, 15) is 4.79 Å². The summed E-state index contributed by atoms with van der Waals surface area (Å²) in [6.45, 7) is 0. The van der Waals surface area contributed by atoms with Crippen LogP contribution in [0.4, 0.5) is 0 Å². The third-order valence-electron chi connectivity index (χ3n) is 2.95. The van der Waals surface area contributed by atoms with Gasteiger partial charge in [-0.05, 0) is 42.7 Å². The maximum Gasteiger partial charge on any atom is 0.303 e. The fourth-order valence-electron chi connectivity index (χ4n) is 2.02. The molecule has 1 N–H and O–H groups in total. The van der Waals surface area contributed by atoms with Crippen LogP contribution in [0.25, 0.3) is 0 Å². The van der Waals surface area contributed by atoms with Gasteiger partial charge in [0.05, 0.1) is 0 Å². The predicted molar refractivity (Wildman–Crippen MR) is 73.4 cm³/mol. The molecule has 98 valence electrons. The Morgan fingerprint density at radius 2 is 2.39 bits per heavy atom. The molecular weight excluding hydrogens is 248 g/mol. The van der Waals surface area contributed by atoms with E-state index in [0.29, 0.717) is 12.5 Å². The summed E-state index contributed by atoms with van der Waals surface area (Å²) in [6.07, 6.45) is 3.37. The Morgan fingerprint density at radius 3 is 3.11 bits per heavy atom. The van der Waals surface area contributed by atoms with Gasteiger partial charge in [0.1, 0.15) is 11.9 Å². The van der Waals surface area contributed by atoms with Crippen LogP contribution in [0.2, 0.25) is 0 Å². The van der Waals surface area contributed by atoms with Crippen molar-refractivity contribution in [1.29, 1.82) is 0 Å². The summed E-state index contributed by atoms with van der Waals surface area (Å²) < 4.78 is 5.93. The lowest BCUT2D eigenvalue weighted by Crippen LogP contribution is -2.23. The van der Waals surface area contributed by atoms with Gasteiger partial charge < -0.3 is 9.84 Å². The average Bonchev–Trinajstić information content (AvgIpc) is 2.38. The molecule has 0 radical (unpaired) electrons. The summed E-state index contributed by atoms with van der Waals surface area (Å²) in [5.74, 6) is 2.40. The first kappa shape index (κ1) is 13.3. The van der Waals surface area contributed by atoms with Crippen molar-refractivity contribution in [2.24, 2.45) is 0 Å². The molecule has 1 aliphatic heterocycles. The van der Waals surface area contributed by atoms with Gasteiger partial charge in [0.25, 0.3) is 0 Å². The van der Waals surface area contributed by atoms with E-state index >= 15 is 0 Å². The first-order valence-corrected chi connectivity index (χ1v) is 7.44. The molecule has 1 aliphatic rings. The Hall–Kier alpha value is -1.16. The molecule has 0 aliphatic carbocycles. The number of hydrogen-bond donors (Lipinski definition) is 1. The van der Waals surface area contributed by atoms with Crippen molar-refractivity contribution in [3.05, 3.63) is 29.8 Å². The van der Waals surface area contributed by atoms with Gasteiger partial charge in [0.15, 0.2) is 0 Å². The van der Waals surface area contributed by atoms with Crippen molar-refractivity contribution >= 4 is 17.7 Å². The molecule has 0 aromatic heterocycles. The fourth-order valence-corrected chi connectivity index (χ4v) is 3.06. The van der Waals surface area contributed by atoms with Crippen LogP contribution in [-0.2, 0) is 11.2 Å². The minimum Gasteiger partial charge on any atom is -0.490 e. The quantitative estimate of drug-likeness (QED) is 0.890. The SMILES string of the molecule is O=C(O)CCc1cccc(OC2CCCSC2)c1. The van der Waals surface area contributed by atoms with Crippen LogP contribution in [0, 0.1) is 0 Å². The van der Waals surface area contributed by atoms with Gasteiger partial charge in [-0.2, -0.15) is 11.8 Å². The molecule has 0 saturated carbocycles. The summed E-state index contributed by atoms with van der Waals surface area (Å²) in [6, 6.07) is 7.79. The molecule has 1 heterocycles. The number of aryl methyl sites for hydroxylation is 1. The molecule has 18 heavy (non-hydrogen) atoms. The summed E-state index contributed by atoms with van der Waals surface area (Å²) in [5.41, 5.74) is 1.03. The van der Waals surface area contributed by atoms with Gasteiger partial charge in [0.2, 0.25) is 0 Å². The second-order valence-electron chi connectivity index (χ2n) is 4.50. The van der Waals surface area contributed by atoms with E-state index in [4.69, 9.17) is 9.84 Å². The van der Waals surface area contributed by atoms with Gasteiger partial charge in [-0.3, -0.25) is 4.79 Å². The summed E-state index contributed by atoms with van der Waals surface area (Å²) in [7, 11) is 0. The third-order valence-corrected chi connectivity index (χ3v) is 4.13. The molecule has 1 atom stereocenters. The highest BCUT2D eigenvalue weighted by Crippen LogP contribution is 2.23. The molecule has 1 fully saturated rings. The van der Waals surface area contributed by atoms with Crippen molar-refractivity contribution < 1.29 is 14.6 Å². The average molecular weight is 266 g/mol. The number of carboxylic acid groups (broad SMARTS) is 1. The molecular formula is C14H18O3S. The number of carbonyl (C=O) groups is 1. The third kappa shape index (κ3) is 4.26. The molecule has 0 amide bonds.